The van der Waals surface area contributed by atoms with E-state index in [1.807, 2.05) is 0 Å². The molecule has 0 aliphatic carbocycles. The van der Waals surface area contributed by atoms with E-state index in [9.17, 15) is 26.4 Å². The van der Waals surface area contributed by atoms with Gasteiger partial charge in [0.05, 0.1) is 5.75 Å². The quantitative estimate of drug-likeness (QED) is 0.783. The smallest absolute Gasteiger partial charge is 0.444 e. The number of ether oxygens (including phenoxy) is 1. The molecule has 0 aromatic rings. The van der Waals surface area contributed by atoms with Gasteiger partial charge in [-0.2, -0.15) is 13.2 Å². The van der Waals surface area contributed by atoms with E-state index >= 15 is 0 Å². The Morgan fingerprint density at radius 2 is 1.85 bits per heavy atom. The lowest BCUT2D eigenvalue weighted by atomic mass is 10.2. The van der Waals surface area contributed by atoms with Crippen molar-refractivity contribution in [2.24, 2.45) is 5.92 Å². The van der Waals surface area contributed by atoms with E-state index in [2.05, 4.69) is 0 Å². The van der Waals surface area contributed by atoms with E-state index in [0.29, 0.717) is 0 Å². The summed E-state index contributed by atoms with van der Waals surface area (Å²) in [5, 5.41) is 0. The number of likely N-dealkylation sites (tertiary alicyclic amines) is 1. The summed E-state index contributed by atoms with van der Waals surface area (Å²) in [6, 6.07) is 0. The van der Waals surface area contributed by atoms with Crippen molar-refractivity contribution in [3.63, 3.8) is 0 Å². The molecule has 0 saturated carbocycles. The maximum atomic E-state index is 12.3. The summed E-state index contributed by atoms with van der Waals surface area (Å²) in [7, 11) is -5.14. The lowest BCUT2D eigenvalue weighted by Crippen LogP contribution is -2.36. The Morgan fingerprint density at radius 1 is 1.30 bits per heavy atom. The van der Waals surface area contributed by atoms with E-state index in [0.717, 1.165) is 0 Å². The molecule has 1 amide bonds. The molecule has 0 spiro atoms. The zero-order valence-corrected chi connectivity index (χ0v) is 12.3. The first-order valence-corrected chi connectivity index (χ1v) is 7.74. The SMILES string of the molecule is CC(C)(C)OC(=O)N1CC[C@H](CS(=O)(=O)C(F)(F)F)C1. The molecule has 0 aromatic heterocycles. The highest BCUT2D eigenvalue weighted by molar-refractivity contribution is 7.92. The minimum atomic E-state index is -5.24. The van der Waals surface area contributed by atoms with E-state index in [4.69, 9.17) is 4.74 Å². The van der Waals surface area contributed by atoms with Gasteiger partial charge in [-0.25, -0.2) is 13.2 Å². The molecular formula is C11H18F3NO4S. The number of halogens is 3. The predicted molar refractivity (Wildman–Crippen MR) is 65.8 cm³/mol. The first kappa shape index (κ1) is 17.1. The summed E-state index contributed by atoms with van der Waals surface area (Å²) in [6.07, 6.45) is -0.418. The summed E-state index contributed by atoms with van der Waals surface area (Å²) in [6.45, 7) is 5.18. The lowest BCUT2D eigenvalue weighted by molar-refractivity contribution is -0.0438. The highest BCUT2D eigenvalue weighted by atomic mass is 32.2. The van der Waals surface area contributed by atoms with Crippen molar-refractivity contribution in [3.05, 3.63) is 0 Å². The Kier molecular flexibility index (Phi) is 4.62. The summed E-state index contributed by atoms with van der Waals surface area (Å²) < 4.78 is 64.0. The van der Waals surface area contributed by atoms with Crippen LogP contribution in [0.3, 0.4) is 0 Å². The van der Waals surface area contributed by atoms with Gasteiger partial charge in [0, 0.05) is 13.1 Å². The lowest BCUT2D eigenvalue weighted by Gasteiger charge is -2.24. The maximum Gasteiger partial charge on any atom is 0.497 e. The second-order valence-corrected chi connectivity index (χ2v) is 7.83. The zero-order chi connectivity index (χ0) is 15.8. The first-order valence-electron chi connectivity index (χ1n) is 6.09. The molecule has 0 unspecified atom stereocenters. The Labute approximate surface area is 116 Å². The van der Waals surface area contributed by atoms with Crippen LogP contribution in [0.1, 0.15) is 27.2 Å². The van der Waals surface area contributed by atoms with Crippen LogP contribution >= 0.6 is 0 Å². The van der Waals surface area contributed by atoms with Crippen LogP contribution < -0.4 is 0 Å². The number of carbonyl (C=O) groups excluding carboxylic acids is 1. The topological polar surface area (TPSA) is 63.7 Å². The summed E-state index contributed by atoms with van der Waals surface area (Å²) in [4.78, 5) is 12.9. The second-order valence-electron chi connectivity index (χ2n) is 5.81. The number of rotatable bonds is 2. The summed E-state index contributed by atoms with van der Waals surface area (Å²) in [5.74, 6) is -1.70. The van der Waals surface area contributed by atoms with Crippen LogP contribution in [0.5, 0.6) is 0 Å². The van der Waals surface area contributed by atoms with Gasteiger partial charge in [0.15, 0.2) is 0 Å². The fourth-order valence-electron chi connectivity index (χ4n) is 1.87. The molecule has 0 radical (unpaired) electrons. The van der Waals surface area contributed by atoms with E-state index in [-0.39, 0.29) is 19.5 Å². The summed E-state index contributed by atoms with van der Waals surface area (Å²) >= 11 is 0. The van der Waals surface area contributed by atoms with Gasteiger partial charge < -0.3 is 9.64 Å². The molecule has 1 aliphatic rings. The minimum absolute atomic E-state index is 0.0375. The van der Waals surface area contributed by atoms with Gasteiger partial charge in [0.2, 0.25) is 9.84 Å². The third kappa shape index (κ3) is 4.53. The monoisotopic (exact) mass is 317 g/mol. The van der Waals surface area contributed by atoms with Crippen LogP contribution in [0.4, 0.5) is 18.0 Å². The second kappa shape index (κ2) is 5.42. The van der Waals surface area contributed by atoms with Crippen LogP contribution in [-0.2, 0) is 14.6 Å². The highest BCUT2D eigenvalue weighted by Gasteiger charge is 2.47. The zero-order valence-electron chi connectivity index (χ0n) is 11.5. The standard InChI is InChI=1S/C11H18F3NO4S/c1-10(2,3)19-9(16)15-5-4-8(6-15)7-20(17,18)11(12,13)14/h8H,4-7H2,1-3H3/t8-/m0/s1. The van der Waals surface area contributed by atoms with Gasteiger partial charge in [-0.05, 0) is 33.1 Å². The van der Waals surface area contributed by atoms with Gasteiger partial charge in [0.1, 0.15) is 5.60 Å². The molecule has 0 N–H and O–H groups in total. The van der Waals surface area contributed by atoms with Gasteiger partial charge in [-0.1, -0.05) is 0 Å². The van der Waals surface area contributed by atoms with Crippen LogP contribution in [-0.4, -0.2) is 49.4 Å². The Hall–Kier alpha value is -0.990. The van der Waals surface area contributed by atoms with E-state index in [1.165, 1.54) is 4.90 Å². The normalized spacial score (nSPS) is 21.1. The van der Waals surface area contributed by atoms with Crippen molar-refractivity contribution < 1.29 is 31.1 Å². The van der Waals surface area contributed by atoms with Crippen LogP contribution in [0.25, 0.3) is 0 Å². The van der Waals surface area contributed by atoms with Gasteiger partial charge in [0.25, 0.3) is 0 Å². The highest BCUT2D eigenvalue weighted by Crippen LogP contribution is 2.28. The van der Waals surface area contributed by atoms with Gasteiger partial charge in [-0.3, -0.25) is 0 Å². The molecule has 1 heterocycles. The maximum absolute atomic E-state index is 12.3. The van der Waals surface area contributed by atoms with Crippen LogP contribution in [0, 0.1) is 5.92 Å². The fraction of sp³-hybridized carbons (Fsp3) is 0.909. The van der Waals surface area contributed by atoms with E-state index < -0.39 is 38.7 Å². The molecule has 1 rings (SSSR count). The van der Waals surface area contributed by atoms with Crippen molar-refractivity contribution in [3.8, 4) is 0 Å². The molecule has 1 saturated heterocycles. The number of hydrogen-bond donors (Lipinski definition) is 0. The van der Waals surface area contributed by atoms with Crippen molar-refractivity contribution in [1.29, 1.82) is 0 Å². The molecular weight excluding hydrogens is 299 g/mol. The fourth-order valence-corrected chi connectivity index (χ4v) is 2.95. The predicted octanol–water partition coefficient (Wildman–Crippen LogP) is 2.18. The van der Waals surface area contributed by atoms with Crippen molar-refractivity contribution in [2.75, 3.05) is 18.8 Å². The van der Waals surface area contributed by atoms with Gasteiger partial charge in [-0.15, -0.1) is 0 Å². The number of alkyl halides is 3. The van der Waals surface area contributed by atoms with Crippen molar-refractivity contribution in [1.82, 2.24) is 4.90 Å². The summed E-state index contributed by atoms with van der Waals surface area (Å²) in [5.41, 5.74) is -5.94. The Morgan fingerprint density at radius 3 is 2.30 bits per heavy atom. The Bertz CT molecular complexity index is 467. The average Bonchev–Trinajstić information content (AvgIpc) is 2.60. The number of hydrogen-bond acceptors (Lipinski definition) is 4. The first-order chi connectivity index (χ1) is 8.82. The number of carbonyl (C=O) groups is 1. The molecule has 5 nitrogen and oxygen atoms in total. The third-order valence-electron chi connectivity index (χ3n) is 2.75. The van der Waals surface area contributed by atoms with Crippen LogP contribution in [0.2, 0.25) is 0 Å². The number of nitrogens with zero attached hydrogens (tertiary/aromatic N) is 1. The molecule has 20 heavy (non-hydrogen) atoms. The van der Waals surface area contributed by atoms with Crippen molar-refractivity contribution >= 4 is 15.9 Å². The molecule has 0 bridgehead atoms. The molecule has 118 valence electrons. The number of amides is 1. The molecule has 1 fully saturated rings. The third-order valence-corrected chi connectivity index (χ3v) is 4.36. The average molecular weight is 317 g/mol. The Balaban J connectivity index is 2.59. The van der Waals surface area contributed by atoms with Crippen molar-refractivity contribution in [2.45, 2.75) is 38.3 Å². The number of sulfone groups is 1. The van der Waals surface area contributed by atoms with Crippen LogP contribution in [0.15, 0.2) is 0 Å². The molecule has 9 heteroatoms. The molecule has 1 atom stereocenters. The molecule has 1 aliphatic heterocycles. The minimum Gasteiger partial charge on any atom is -0.444 e. The largest absolute Gasteiger partial charge is 0.497 e. The van der Waals surface area contributed by atoms with E-state index in [1.54, 1.807) is 20.8 Å². The molecule has 0 aromatic carbocycles. The van der Waals surface area contributed by atoms with Gasteiger partial charge >= 0.3 is 11.6 Å².